The summed E-state index contributed by atoms with van der Waals surface area (Å²) in [6.45, 7) is 4.03. The normalized spacial score (nSPS) is 46.1. The van der Waals surface area contributed by atoms with E-state index >= 15 is 0 Å². The van der Waals surface area contributed by atoms with Crippen LogP contribution >= 0.6 is 12.6 Å². The van der Waals surface area contributed by atoms with Crippen LogP contribution in [0, 0.1) is 5.92 Å². The van der Waals surface area contributed by atoms with Crippen LogP contribution < -0.4 is 5.32 Å². The average Bonchev–Trinajstić information content (AvgIpc) is 1.91. The van der Waals surface area contributed by atoms with Gasteiger partial charge in [-0.05, 0) is 25.2 Å². The summed E-state index contributed by atoms with van der Waals surface area (Å²) in [5.41, 5.74) is 1.39. The number of piperidine rings is 2. The van der Waals surface area contributed by atoms with Gasteiger partial charge >= 0.3 is 0 Å². The molecule has 0 radical (unpaired) electrons. The van der Waals surface area contributed by atoms with Gasteiger partial charge in [0.15, 0.2) is 0 Å². The quantitative estimate of drug-likeness (QED) is 0.400. The second-order valence-electron chi connectivity index (χ2n) is 3.36. The lowest BCUT2D eigenvalue weighted by Gasteiger charge is -2.42. The Morgan fingerprint density at radius 2 is 2.30 bits per heavy atom. The van der Waals surface area contributed by atoms with Crippen molar-refractivity contribution >= 4 is 12.6 Å². The SMILES string of the molecule is C=C1CC2CCC1NC2S. The van der Waals surface area contributed by atoms with Crippen LogP contribution in [0.1, 0.15) is 19.3 Å². The van der Waals surface area contributed by atoms with Crippen molar-refractivity contribution in [3.05, 3.63) is 12.2 Å². The predicted octanol–water partition coefficient (Wildman–Crippen LogP) is 1.57. The average molecular weight is 155 g/mol. The van der Waals surface area contributed by atoms with Gasteiger partial charge in [0, 0.05) is 6.04 Å². The van der Waals surface area contributed by atoms with Crippen LogP contribution in [0.3, 0.4) is 0 Å². The highest BCUT2D eigenvalue weighted by Crippen LogP contribution is 2.36. The highest BCUT2D eigenvalue weighted by atomic mass is 32.1. The molecule has 0 aromatic heterocycles. The molecule has 10 heavy (non-hydrogen) atoms. The molecule has 3 unspecified atom stereocenters. The van der Waals surface area contributed by atoms with Crippen molar-refractivity contribution in [2.24, 2.45) is 5.92 Å². The third-order valence-electron chi connectivity index (χ3n) is 2.66. The molecule has 2 heteroatoms. The highest BCUT2D eigenvalue weighted by Gasteiger charge is 2.34. The number of fused-ring (bicyclic) bond motifs is 3. The van der Waals surface area contributed by atoms with E-state index in [1.165, 1.54) is 24.8 Å². The number of hydrogen-bond acceptors (Lipinski definition) is 2. The van der Waals surface area contributed by atoms with E-state index in [2.05, 4.69) is 24.5 Å². The Kier molecular flexibility index (Phi) is 1.53. The molecule has 2 heterocycles. The Labute approximate surface area is 67.3 Å². The molecule has 1 saturated carbocycles. The molecule has 0 spiro atoms. The predicted molar refractivity (Wildman–Crippen MR) is 46.2 cm³/mol. The topological polar surface area (TPSA) is 12.0 Å². The van der Waals surface area contributed by atoms with Crippen molar-refractivity contribution in [1.29, 1.82) is 0 Å². The third-order valence-corrected chi connectivity index (χ3v) is 3.23. The summed E-state index contributed by atoms with van der Waals surface area (Å²) in [5.74, 6) is 0.751. The van der Waals surface area contributed by atoms with Gasteiger partial charge in [0.1, 0.15) is 0 Å². The molecule has 1 N–H and O–H groups in total. The van der Waals surface area contributed by atoms with E-state index in [0.29, 0.717) is 11.4 Å². The second kappa shape index (κ2) is 2.28. The Morgan fingerprint density at radius 3 is 2.60 bits per heavy atom. The summed E-state index contributed by atoms with van der Waals surface area (Å²) in [6.07, 6.45) is 3.82. The Morgan fingerprint density at radius 1 is 1.50 bits per heavy atom. The minimum atomic E-state index is 0.434. The van der Waals surface area contributed by atoms with Crippen molar-refractivity contribution < 1.29 is 0 Å². The second-order valence-corrected chi connectivity index (χ2v) is 3.92. The molecule has 3 rings (SSSR count). The lowest BCUT2D eigenvalue weighted by atomic mass is 9.78. The van der Waals surface area contributed by atoms with Crippen molar-refractivity contribution in [3.63, 3.8) is 0 Å². The van der Waals surface area contributed by atoms with Crippen LogP contribution in [0.2, 0.25) is 0 Å². The number of thiol groups is 1. The standard InChI is InChI=1S/C8H13NS/c1-5-4-6-2-3-7(5)9-8(6)10/h6-10H,1-4H2. The molecule has 0 aromatic carbocycles. The molecule has 2 bridgehead atoms. The van der Waals surface area contributed by atoms with Gasteiger partial charge in [0.25, 0.3) is 0 Å². The maximum absolute atomic E-state index is 4.46. The Bertz CT molecular complexity index is 167. The summed E-state index contributed by atoms with van der Waals surface area (Å²) in [7, 11) is 0. The van der Waals surface area contributed by atoms with Crippen LogP contribution in [-0.2, 0) is 0 Å². The third kappa shape index (κ3) is 0.903. The van der Waals surface area contributed by atoms with Gasteiger partial charge in [-0.15, -0.1) is 0 Å². The molecule has 3 fully saturated rings. The van der Waals surface area contributed by atoms with Gasteiger partial charge in [-0.1, -0.05) is 12.2 Å². The fourth-order valence-corrected chi connectivity index (χ4v) is 2.41. The van der Waals surface area contributed by atoms with Gasteiger partial charge in [0.2, 0.25) is 0 Å². The molecule has 0 aromatic rings. The van der Waals surface area contributed by atoms with Gasteiger partial charge in [-0.2, -0.15) is 12.6 Å². The van der Waals surface area contributed by atoms with Crippen LogP contribution in [0.25, 0.3) is 0 Å². The van der Waals surface area contributed by atoms with E-state index in [1.807, 2.05) is 0 Å². The summed E-state index contributed by atoms with van der Waals surface area (Å²) < 4.78 is 0. The molecule has 0 amide bonds. The van der Waals surface area contributed by atoms with Crippen molar-refractivity contribution in [2.75, 3.05) is 0 Å². The fraction of sp³-hybridized carbons (Fsp3) is 0.750. The highest BCUT2D eigenvalue weighted by molar-refractivity contribution is 7.80. The molecular formula is C8H13NS. The largest absolute Gasteiger partial charge is 0.299 e. The molecule has 3 atom stereocenters. The molecule has 1 aliphatic carbocycles. The summed E-state index contributed by atoms with van der Waals surface area (Å²) in [5, 5.41) is 3.86. The van der Waals surface area contributed by atoms with Crippen LogP contribution in [0.4, 0.5) is 0 Å². The molecule has 3 aliphatic rings. The number of nitrogens with one attached hydrogen (secondary N) is 1. The van der Waals surface area contributed by atoms with Crippen LogP contribution in [0.5, 0.6) is 0 Å². The molecule has 2 saturated heterocycles. The zero-order valence-electron chi connectivity index (χ0n) is 6.01. The Balaban J connectivity index is 2.16. The van der Waals surface area contributed by atoms with Gasteiger partial charge in [-0.3, -0.25) is 5.32 Å². The molecular weight excluding hydrogens is 142 g/mol. The zero-order chi connectivity index (χ0) is 7.14. The van der Waals surface area contributed by atoms with Gasteiger partial charge in [0.05, 0.1) is 5.37 Å². The minimum Gasteiger partial charge on any atom is -0.299 e. The maximum atomic E-state index is 4.46. The Hall–Kier alpha value is 0.0500. The fourth-order valence-electron chi connectivity index (χ4n) is 1.98. The van der Waals surface area contributed by atoms with E-state index in [-0.39, 0.29) is 0 Å². The number of hydrogen-bond donors (Lipinski definition) is 2. The number of rotatable bonds is 0. The van der Waals surface area contributed by atoms with E-state index in [0.717, 1.165) is 5.92 Å². The zero-order valence-corrected chi connectivity index (χ0v) is 6.90. The first-order chi connectivity index (χ1) is 4.77. The van der Waals surface area contributed by atoms with Gasteiger partial charge < -0.3 is 0 Å². The summed E-state index contributed by atoms with van der Waals surface area (Å²) in [6, 6.07) is 0.576. The van der Waals surface area contributed by atoms with Gasteiger partial charge in [-0.25, -0.2) is 0 Å². The first-order valence-electron chi connectivity index (χ1n) is 3.89. The first-order valence-corrected chi connectivity index (χ1v) is 4.41. The van der Waals surface area contributed by atoms with Crippen LogP contribution in [0.15, 0.2) is 12.2 Å². The smallest absolute Gasteiger partial charge is 0.0538 e. The molecule has 56 valence electrons. The van der Waals surface area contributed by atoms with Crippen molar-refractivity contribution in [3.8, 4) is 0 Å². The van der Waals surface area contributed by atoms with E-state index in [9.17, 15) is 0 Å². The van der Waals surface area contributed by atoms with E-state index in [4.69, 9.17) is 0 Å². The van der Waals surface area contributed by atoms with Crippen molar-refractivity contribution in [1.82, 2.24) is 5.32 Å². The van der Waals surface area contributed by atoms with Crippen LogP contribution in [-0.4, -0.2) is 11.4 Å². The first kappa shape index (κ1) is 6.74. The molecule has 2 aliphatic heterocycles. The lowest BCUT2D eigenvalue weighted by molar-refractivity contribution is 0.255. The lowest BCUT2D eigenvalue weighted by Crippen LogP contribution is -2.50. The van der Waals surface area contributed by atoms with E-state index in [1.54, 1.807) is 0 Å². The molecule has 1 nitrogen and oxygen atoms in total. The monoisotopic (exact) mass is 155 g/mol. The summed E-state index contributed by atoms with van der Waals surface area (Å²) >= 11 is 4.46. The van der Waals surface area contributed by atoms with Crippen molar-refractivity contribution in [2.45, 2.75) is 30.7 Å². The minimum absolute atomic E-state index is 0.434. The van der Waals surface area contributed by atoms with E-state index < -0.39 is 0 Å². The summed E-state index contributed by atoms with van der Waals surface area (Å²) in [4.78, 5) is 0. The maximum Gasteiger partial charge on any atom is 0.0538 e.